The minimum atomic E-state index is -3.34. The number of hydrogen-bond donors (Lipinski definition) is 0. The van der Waals surface area contributed by atoms with Crippen LogP contribution in [0.25, 0.3) is 10.4 Å². The van der Waals surface area contributed by atoms with Gasteiger partial charge in [-0.3, -0.25) is 0 Å². The first kappa shape index (κ1) is 11.8. The molecule has 2 aromatic rings. The molecule has 0 aliphatic heterocycles. The van der Waals surface area contributed by atoms with Gasteiger partial charge in [-0.15, -0.1) is 16.4 Å². The molecule has 3 rings (SSSR count). The summed E-state index contributed by atoms with van der Waals surface area (Å²) in [6.07, 6.45) is 2.54. The molecule has 0 aromatic carbocycles. The molecule has 0 atom stereocenters. The summed E-state index contributed by atoms with van der Waals surface area (Å²) in [6.45, 7) is 0. The van der Waals surface area contributed by atoms with Gasteiger partial charge in [0, 0.05) is 11.8 Å². The summed E-state index contributed by atoms with van der Waals surface area (Å²) in [4.78, 5) is 1.29. The van der Waals surface area contributed by atoms with Gasteiger partial charge in [-0.1, -0.05) is 4.49 Å². The highest BCUT2D eigenvalue weighted by molar-refractivity contribution is 7.93. The highest BCUT2D eigenvalue weighted by Crippen LogP contribution is 2.45. The molecular formula is C10H7N3O2S3. The van der Waals surface area contributed by atoms with Crippen molar-refractivity contribution in [1.29, 1.82) is 5.26 Å². The Labute approximate surface area is 112 Å². The third-order valence-corrected chi connectivity index (χ3v) is 6.56. The number of rotatable bonds is 1. The molecule has 0 saturated heterocycles. The Morgan fingerprint density at radius 1 is 1.39 bits per heavy atom. The van der Waals surface area contributed by atoms with Gasteiger partial charge in [0.2, 0.25) is 0 Å². The molecular weight excluding hydrogens is 290 g/mol. The first-order chi connectivity index (χ1) is 8.52. The maximum Gasteiger partial charge on any atom is 0.185 e. The Balaban J connectivity index is 2.41. The van der Waals surface area contributed by atoms with Crippen LogP contribution in [-0.2, 0) is 22.7 Å². The molecule has 1 aliphatic rings. The molecule has 18 heavy (non-hydrogen) atoms. The Morgan fingerprint density at radius 3 is 2.83 bits per heavy atom. The molecule has 1 aliphatic carbocycles. The summed E-state index contributed by atoms with van der Waals surface area (Å²) in [5.41, 5.74) is 2.33. The molecule has 92 valence electrons. The normalized spacial score (nSPS) is 13.8. The van der Waals surface area contributed by atoms with Crippen LogP contribution in [0.3, 0.4) is 0 Å². The number of aromatic nitrogens is 2. The molecule has 2 aromatic heterocycles. The summed E-state index contributed by atoms with van der Waals surface area (Å²) >= 11 is 2.25. The molecule has 2 heterocycles. The Kier molecular flexibility index (Phi) is 2.52. The van der Waals surface area contributed by atoms with E-state index in [1.54, 1.807) is 0 Å². The van der Waals surface area contributed by atoms with E-state index in [2.05, 4.69) is 15.7 Å². The van der Waals surface area contributed by atoms with E-state index < -0.39 is 9.84 Å². The first-order valence-electron chi connectivity index (χ1n) is 5.09. The van der Waals surface area contributed by atoms with Crippen LogP contribution in [-0.4, -0.2) is 24.3 Å². The lowest BCUT2D eigenvalue weighted by Crippen LogP contribution is -2.04. The zero-order valence-electron chi connectivity index (χ0n) is 9.30. The number of nitrogens with zero attached hydrogens (tertiary/aromatic N) is 3. The number of sulfone groups is 1. The molecule has 0 spiro atoms. The third kappa shape index (κ3) is 1.59. The first-order valence-corrected chi connectivity index (χ1v) is 8.58. The standard InChI is InChI=1S/C10H7N3O2S3/c1-18(14,15)10-8-5(7(4-11)16-10)2-3-6-9(8)17-13-12-6/h2-3H2,1H3. The minimum absolute atomic E-state index is 0.265. The summed E-state index contributed by atoms with van der Waals surface area (Å²) in [5, 5.41) is 13.1. The fourth-order valence-corrected chi connectivity index (χ4v) is 5.32. The lowest BCUT2D eigenvalue weighted by atomic mass is 9.96. The lowest BCUT2D eigenvalue weighted by molar-refractivity contribution is 0.604. The van der Waals surface area contributed by atoms with Gasteiger partial charge in [0.1, 0.15) is 15.2 Å². The Morgan fingerprint density at radius 2 is 2.17 bits per heavy atom. The number of aryl methyl sites for hydroxylation is 1. The zero-order valence-corrected chi connectivity index (χ0v) is 11.7. The van der Waals surface area contributed by atoms with Crippen molar-refractivity contribution in [3.05, 3.63) is 16.1 Å². The zero-order chi connectivity index (χ0) is 12.9. The van der Waals surface area contributed by atoms with Crippen LogP contribution in [0.1, 0.15) is 16.1 Å². The van der Waals surface area contributed by atoms with E-state index in [0.717, 1.165) is 27.5 Å². The molecule has 0 fully saturated rings. The van der Waals surface area contributed by atoms with Crippen molar-refractivity contribution in [3.8, 4) is 16.5 Å². The number of hydrogen-bond acceptors (Lipinski definition) is 7. The quantitative estimate of drug-likeness (QED) is 0.799. The van der Waals surface area contributed by atoms with Crippen molar-refractivity contribution in [2.24, 2.45) is 0 Å². The van der Waals surface area contributed by atoms with Crippen molar-refractivity contribution in [1.82, 2.24) is 9.59 Å². The van der Waals surface area contributed by atoms with Crippen LogP contribution >= 0.6 is 22.9 Å². The van der Waals surface area contributed by atoms with Gasteiger partial charge in [-0.25, -0.2) is 8.42 Å². The van der Waals surface area contributed by atoms with E-state index in [-0.39, 0.29) is 4.21 Å². The van der Waals surface area contributed by atoms with Gasteiger partial charge < -0.3 is 0 Å². The fraction of sp³-hybridized carbons (Fsp3) is 0.300. The topological polar surface area (TPSA) is 83.7 Å². The van der Waals surface area contributed by atoms with Crippen LogP contribution in [0.15, 0.2) is 4.21 Å². The average Bonchev–Trinajstić information content (AvgIpc) is 2.90. The number of nitriles is 1. The Bertz CT molecular complexity index is 780. The van der Waals surface area contributed by atoms with Gasteiger partial charge in [0.15, 0.2) is 9.84 Å². The molecule has 0 amide bonds. The predicted octanol–water partition coefficient (Wildman–Crippen LogP) is 1.64. The van der Waals surface area contributed by atoms with E-state index >= 15 is 0 Å². The van der Waals surface area contributed by atoms with Crippen LogP contribution in [0.2, 0.25) is 0 Å². The van der Waals surface area contributed by atoms with Crippen LogP contribution < -0.4 is 0 Å². The molecule has 0 radical (unpaired) electrons. The average molecular weight is 297 g/mol. The second-order valence-corrected chi connectivity index (χ2v) is 7.99. The molecule has 0 saturated carbocycles. The SMILES string of the molecule is CS(=O)(=O)c1sc(C#N)c2c1-c1snnc1CC2. The summed E-state index contributed by atoms with van der Waals surface area (Å²) in [5.74, 6) is 0. The lowest BCUT2D eigenvalue weighted by Gasteiger charge is -2.11. The van der Waals surface area contributed by atoms with Crippen molar-refractivity contribution in [2.45, 2.75) is 17.1 Å². The van der Waals surface area contributed by atoms with Crippen LogP contribution in [0, 0.1) is 11.3 Å². The van der Waals surface area contributed by atoms with Gasteiger partial charge in [0.25, 0.3) is 0 Å². The van der Waals surface area contributed by atoms with Gasteiger partial charge in [-0.05, 0) is 29.9 Å². The number of fused-ring (bicyclic) bond motifs is 3. The van der Waals surface area contributed by atoms with Crippen molar-refractivity contribution in [2.75, 3.05) is 6.26 Å². The second-order valence-electron chi connectivity index (χ2n) is 4.00. The fourth-order valence-electron chi connectivity index (χ4n) is 2.07. The summed E-state index contributed by atoms with van der Waals surface area (Å²) in [7, 11) is -3.34. The van der Waals surface area contributed by atoms with Gasteiger partial charge >= 0.3 is 0 Å². The predicted molar refractivity (Wildman–Crippen MR) is 68.5 cm³/mol. The van der Waals surface area contributed by atoms with Crippen molar-refractivity contribution >= 4 is 32.7 Å². The van der Waals surface area contributed by atoms with Gasteiger partial charge in [-0.2, -0.15) is 5.26 Å². The smallest absolute Gasteiger partial charge is 0.185 e. The monoisotopic (exact) mass is 297 g/mol. The number of thiophene rings is 1. The largest absolute Gasteiger partial charge is 0.223 e. The van der Waals surface area contributed by atoms with Crippen LogP contribution in [0.4, 0.5) is 0 Å². The van der Waals surface area contributed by atoms with Crippen molar-refractivity contribution in [3.63, 3.8) is 0 Å². The maximum atomic E-state index is 11.8. The molecule has 0 unspecified atom stereocenters. The third-order valence-electron chi connectivity index (χ3n) is 2.81. The molecule has 0 N–H and O–H groups in total. The maximum absolute atomic E-state index is 11.8. The van der Waals surface area contributed by atoms with E-state index in [1.807, 2.05) is 0 Å². The molecule has 0 bridgehead atoms. The van der Waals surface area contributed by atoms with Crippen molar-refractivity contribution < 1.29 is 8.42 Å². The van der Waals surface area contributed by atoms with E-state index in [1.165, 1.54) is 17.8 Å². The minimum Gasteiger partial charge on any atom is -0.223 e. The molecule has 8 heteroatoms. The highest BCUT2D eigenvalue weighted by atomic mass is 32.2. The summed E-state index contributed by atoms with van der Waals surface area (Å²) < 4.78 is 27.8. The Hall–Kier alpha value is -1.30. The summed E-state index contributed by atoms with van der Waals surface area (Å²) in [6, 6.07) is 2.09. The van der Waals surface area contributed by atoms with E-state index in [0.29, 0.717) is 23.3 Å². The van der Waals surface area contributed by atoms with Gasteiger partial charge in [0.05, 0.1) is 10.6 Å². The van der Waals surface area contributed by atoms with Crippen LogP contribution in [0.5, 0.6) is 0 Å². The van der Waals surface area contributed by atoms with E-state index in [4.69, 9.17) is 5.26 Å². The molecule has 5 nitrogen and oxygen atoms in total. The second kappa shape index (κ2) is 3.85. The highest BCUT2D eigenvalue weighted by Gasteiger charge is 2.31. The van der Waals surface area contributed by atoms with E-state index in [9.17, 15) is 8.42 Å².